The quantitative estimate of drug-likeness (QED) is 0.281. The summed E-state index contributed by atoms with van der Waals surface area (Å²) in [4.78, 5) is 56.6. The Hall–Kier alpha value is -4.08. The van der Waals surface area contributed by atoms with Crippen LogP contribution in [-0.4, -0.2) is 41.1 Å². The molecular formula is C25H21N3O7. The number of amides is 2. The van der Waals surface area contributed by atoms with Crippen LogP contribution in [0.5, 0.6) is 0 Å². The minimum absolute atomic E-state index is 0.0424. The largest absolute Gasteiger partial charge is 0.462 e. The van der Waals surface area contributed by atoms with Crippen LogP contribution < -0.4 is 4.90 Å². The Morgan fingerprint density at radius 1 is 1.11 bits per heavy atom. The molecule has 0 N–H and O–H groups in total. The van der Waals surface area contributed by atoms with Gasteiger partial charge in [-0.2, -0.15) is 0 Å². The molecule has 0 unspecified atom stereocenters. The number of imide groups is 1. The molecule has 2 aromatic rings. The third-order valence-corrected chi connectivity index (χ3v) is 7.68. The molecular weight excluding hydrogens is 454 g/mol. The molecule has 2 aromatic carbocycles. The first-order valence-electron chi connectivity index (χ1n) is 11.5. The number of fused-ring (bicyclic) bond motifs is 8. The molecule has 178 valence electrons. The van der Waals surface area contributed by atoms with Crippen LogP contribution in [0.15, 0.2) is 53.7 Å². The zero-order chi connectivity index (χ0) is 24.4. The van der Waals surface area contributed by atoms with Crippen molar-refractivity contribution in [2.75, 3.05) is 11.5 Å². The summed E-state index contributed by atoms with van der Waals surface area (Å²) in [7, 11) is 0. The number of nitrogens with zero attached hydrogens (tertiary/aromatic N) is 3. The lowest BCUT2D eigenvalue weighted by Gasteiger charge is -2.29. The van der Waals surface area contributed by atoms with Gasteiger partial charge in [0.1, 0.15) is 6.10 Å². The predicted octanol–water partition coefficient (Wildman–Crippen LogP) is 2.95. The van der Waals surface area contributed by atoms with E-state index in [-0.39, 0.29) is 48.0 Å². The van der Waals surface area contributed by atoms with Crippen molar-refractivity contribution in [3.05, 3.63) is 69.8 Å². The molecule has 0 radical (unpaired) electrons. The van der Waals surface area contributed by atoms with E-state index in [1.807, 2.05) is 0 Å². The first-order chi connectivity index (χ1) is 16.9. The molecule has 6 atom stereocenters. The lowest BCUT2D eigenvalue weighted by Crippen LogP contribution is -2.41. The molecule has 1 saturated heterocycles. The fourth-order valence-electron chi connectivity index (χ4n) is 6.36. The number of non-ortho nitro benzene ring substituents is 1. The summed E-state index contributed by atoms with van der Waals surface area (Å²) < 4.78 is 4.99. The maximum Gasteiger partial charge on any atom is 0.338 e. The van der Waals surface area contributed by atoms with Crippen molar-refractivity contribution in [3.8, 4) is 0 Å². The van der Waals surface area contributed by atoms with Gasteiger partial charge in [0.15, 0.2) is 0 Å². The second-order valence-corrected chi connectivity index (χ2v) is 9.27. The van der Waals surface area contributed by atoms with E-state index in [1.165, 1.54) is 17.0 Å². The second-order valence-electron chi connectivity index (χ2n) is 9.27. The number of hydrogen-bond acceptors (Lipinski definition) is 8. The Balaban J connectivity index is 1.28. The third kappa shape index (κ3) is 3.02. The Labute approximate surface area is 199 Å². The summed E-state index contributed by atoms with van der Waals surface area (Å²) in [5.41, 5.74) is 1.91. The highest BCUT2D eigenvalue weighted by molar-refractivity contribution is 6.23. The van der Waals surface area contributed by atoms with Crippen molar-refractivity contribution in [2.24, 2.45) is 34.7 Å². The zero-order valence-corrected chi connectivity index (χ0v) is 18.7. The Morgan fingerprint density at radius 2 is 1.83 bits per heavy atom. The number of carbonyl (C=O) groups is 3. The van der Waals surface area contributed by atoms with E-state index >= 15 is 0 Å². The standard InChI is InChI=1S/C25H21N3O7/c1-2-34-25(31)12-6-8-14(9-7-12)27-23(29)18-16-11-17(19(18)24(27)30)22-20(16)21(26-35-22)13-4-3-5-15(10-13)28(32)33/h3-10,16-20,22H,2,11H2,1H3/t16-,17-,18+,19-,20-,22-/m1/s1. The van der Waals surface area contributed by atoms with Crippen LogP contribution in [0.3, 0.4) is 0 Å². The first kappa shape index (κ1) is 21.5. The van der Waals surface area contributed by atoms with E-state index in [0.717, 1.165) is 0 Å². The molecule has 2 bridgehead atoms. The first-order valence-corrected chi connectivity index (χ1v) is 11.5. The van der Waals surface area contributed by atoms with Crippen LogP contribution >= 0.6 is 0 Å². The molecule has 35 heavy (non-hydrogen) atoms. The van der Waals surface area contributed by atoms with Crippen molar-refractivity contribution in [1.29, 1.82) is 0 Å². The van der Waals surface area contributed by atoms with Gasteiger partial charge in [-0.3, -0.25) is 24.6 Å². The molecule has 2 heterocycles. The summed E-state index contributed by atoms with van der Waals surface area (Å²) in [6, 6.07) is 12.5. The molecule has 2 aliphatic carbocycles. The highest BCUT2D eigenvalue weighted by atomic mass is 16.6. The molecule has 10 nitrogen and oxygen atoms in total. The van der Waals surface area contributed by atoms with Gasteiger partial charge in [-0.15, -0.1) is 0 Å². The summed E-state index contributed by atoms with van der Waals surface area (Å²) in [5, 5.41) is 15.5. The average Bonchev–Trinajstić information content (AvgIpc) is 3.60. The normalized spacial score (nSPS) is 30.1. The molecule has 0 aromatic heterocycles. The van der Waals surface area contributed by atoms with Gasteiger partial charge in [0.05, 0.1) is 40.3 Å². The maximum atomic E-state index is 13.5. The number of oxime groups is 1. The van der Waals surface area contributed by atoms with Crippen LogP contribution in [0.4, 0.5) is 11.4 Å². The topological polar surface area (TPSA) is 128 Å². The molecule has 2 amide bonds. The number of esters is 1. The monoisotopic (exact) mass is 475 g/mol. The van der Waals surface area contributed by atoms with Crippen molar-refractivity contribution >= 4 is 34.9 Å². The summed E-state index contributed by atoms with van der Waals surface area (Å²) in [6.45, 7) is 1.97. The number of hydrogen-bond donors (Lipinski definition) is 0. The minimum Gasteiger partial charge on any atom is -0.462 e. The van der Waals surface area contributed by atoms with E-state index in [2.05, 4.69) is 5.16 Å². The van der Waals surface area contributed by atoms with Crippen molar-refractivity contribution < 1.29 is 28.9 Å². The Bertz CT molecular complexity index is 1300. The molecule has 6 rings (SSSR count). The molecule has 4 aliphatic rings. The van der Waals surface area contributed by atoms with E-state index in [9.17, 15) is 24.5 Å². The highest BCUT2D eigenvalue weighted by Gasteiger charge is 2.70. The number of nitro benzene ring substituents is 1. The van der Waals surface area contributed by atoms with E-state index in [1.54, 1.807) is 43.3 Å². The SMILES string of the molecule is CCOC(=O)c1ccc(N2C(=O)[C@@H]3[C@H]4C[C@@H]([C@@H]5C(c6cccc([N+](=O)[O-])c6)=NO[C@H]45)[C@@H]3C2=O)cc1. The van der Waals surface area contributed by atoms with E-state index in [0.29, 0.717) is 28.9 Å². The van der Waals surface area contributed by atoms with Crippen LogP contribution in [0.25, 0.3) is 0 Å². The third-order valence-electron chi connectivity index (χ3n) is 7.68. The van der Waals surface area contributed by atoms with Gasteiger partial charge in [-0.25, -0.2) is 4.79 Å². The van der Waals surface area contributed by atoms with Gasteiger partial charge in [0.25, 0.3) is 5.69 Å². The van der Waals surface area contributed by atoms with Crippen LogP contribution in [-0.2, 0) is 19.2 Å². The number of benzene rings is 2. The van der Waals surface area contributed by atoms with Crippen LogP contribution in [0, 0.1) is 39.7 Å². The van der Waals surface area contributed by atoms with Crippen molar-refractivity contribution in [3.63, 3.8) is 0 Å². The summed E-state index contributed by atoms with van der Waals surface area (Å²) >= 11 is 0. The Kier molecular flexibility index (Phi) is 4.73. The minimum atomic E-state index is -0.496. The lowest BCUT2D eigenvalue weighted by molar-refractivity contribution is -0.384. The zero-order valence-electron chi connectivity index (χ0n) is 18.7. The van der Waals surface area contributed by atoms with Crippen molar-refractivity contribution in [1.82, 2.24) is 0 Å². The number of anilines is 1. The fourth-order valence-corrected chi connectivity index (χ4v) is 6.36. The summed E-state index contributed by atoms with van der Waals surface area (Å²) in [5.74, 6) is -2.48. The smallest absolute Gasteiger partial charge is 0.338 e. The number of carbonyl (C=O) groups excluding carboxylic acids is 3. The lowest BCUT2D eigenvalue weighted by atomic mass is 9.71. The highest BCUT2D eigenvalue weighted by Crippen LogP contribution is 2.62. The molecule has 2 aliphatic heterocycles. The van der Waals surface area contributed by atoms with Crippen LogP contribution in [0.1, 0.15) is 29.3 Å². The van der Waals surface area contributed by atoms with Crippen LogP contribution in [0.2, 0.25) is 0 Å². The van der Waals surface area contributed by atoms with Gasteiger partial charge < -0.3 is 9.57 Å². The van der Waals surface area contributed by atoms with Gasteiger partial charge in [0, 0.05) is 29.5 Å². The van der Waals surface area contributed by atoms with Gasteiger partial charge in [0.2, 0.25) is 11.8 Å². The van der Waals surface area contributed by atoms with Gasteiger partial charge >= 0.3 is 5.97 Å². The molecule has 3 fully saturated rings. The average molecular weight is 475 g/mol. The van der Waals surface area contributed by atoms with Gasteiger partial charge in [-0.05, 0) is 43.5 Å². The second kappa shape index (κ2) is 7.72. The molecule has 10 heteroatoms. The Morgan fingerprint density at radius 3 is 2.51 bits per heavy atom. The summed E-state index contributed by atoms with van der Waals surface area (Å²) in [6.07, 6.45) is 0.338. The number of ether oxygens (including phenoxy) is 1. The van der Waals surface area contributed by atoms with Crippen molar-refractivity contribution in [2.45, 2.75) is 19.4 Å². The molecule has 0 spiro atoms. The predicted molar refractivity (Wildman–Crippen MR) is 121 cm³/mol. The van der Waals surface area contributed by atoms with Gasteiger partial charge in [-0.1, -0.05) is 17.3 Å². The van der Waals surface area contributed by atoms with E-state index in [4.69, 9.17) is 9.57 Å². The fraction of sp³-hybridized carbons (Fsp3) is 0.360. The van der Waals surface area contributed by atoms with E-state index < -0.39 is 22.7 Å². The number of rotatable bonds is 5. The number of nitro groups is 1. The molecule has 2 saturated carbocycles. The maximum absolute atomic E-state index is 13.5.